The number of carbonyl (C=O) groups excluding carboxylic acids is 2. The van der Waals surface area contributed by atoms with Gasteiger partial charge in [-0.3, -0.25) is 9.59 Å². The summed E-state index contributed by atoms with van der Waals surface area (Å²) in [5.41, 5.74) is 3.24. The number of aryl methyl sites for hydroxylation is 1. The van der Waals surface area contributed by atoms with Crippen molar-refractivity contribution < 1.29 is 23.8 Å². The van der Waals surface area contributed by atoms with Gasteiger partial charge in [0.15, 0.2) is 11.5 Å². The van der Waals surface area contributed by atoms with E-state index < -0.39 is 12.2 Å². The molecule has 0 radical (unpaired) electrons. The second kappa shape index (κ2) is 19.0. The summed E-state index contributed by atoms with van der Waals surface area (Å²) in [4.78, 5) is 28.8. The maximum absolute atomic E-state index is 14.1. The van der Waals surface area contributed by atoms with Gasteiger partial charge in [0.25, 0.3) is 5.91 Å². The van der Waals surface area contributed by atoms with E-state index in [1.54, 1.807) is 18.1 Å². The third-order valence-corrected chi connectivity index (χ3v) is 8.13. The zero-order chi connectivity index (χ0) is 33.8. The summed E-state index contributed by atoms with van der Waals surface area (Å²) in [6, 6.07) is 21.7. The van der Waals surface area contributed by atoms with Gasteiger partial charge in [-0.05, 0) is 74.0 Å². The molecule has 1 aliphatic rings. The molecule has 0 unspecified atom stereocenters. The van der Waals surface area contributed by atoms with Crippen molar-refractivity contribution in [1.29, 1.82) is 0 Å². The fraction of sp³-hybridized carbons (Fsp3) is 0.474. The summed E-state index contributed by atoms with van der Waals surface area (Å²) in [5.74, 6) is 0.604. The van der Waals surface area contributed by atoms with Crippen LogP contribution in [0.3, 0.4) is 0 Å². The molecule has 8 nitrogen and oxygen atoms in total. The van der Waals surface area contributed by atoms with Crippen LogP contribution >= 0.6 is 24.0 Å². The van der Waals surface area contributed by atoms with Crippen molar-refractivity contribution in [3.63, 3.8) is 0 Å². The molecule has 0 saturated heterocycles. The highest BCUT2D eigenvalue weighted by Crippen LogP contribution is 2.45. The number of ether oxygens (including phenoxy) is 3. The number of hydrogen-bond donors (Lipinski definition) is 2. The zero-order valence-corrected chi connectivity index (χ0v) is 30.4. The first-order valence-corrected chi connectivity index (χ1v) is 17.1. The fourth-order valence-corrected chi connectivity index (χ4v) is 5.91. The summed E-state index contributed by atoms with van der Waals surface area (Å²) in [6.07, 6.45) is 1.87. The van der Waals surface area contributed by atoms with Crippen LogP contribution in [0, 0.1) is 5.41 Å². The molecule has 1 aliphatic heterocycles. The predicted molar refractivity (Wildman–Crippen MR) is 196 cm³/mol. The number of rotatable bonds is 16. The SMILES string of the molecule is CCCNC(=O)C[C@@H]1O[C@@H](c2cccc(OCCCNCCCc3ccccc3)c2OC)c2cc(Cl)ccc2N(CC(C)(C)C)C1=O.Cl. The molecule has 0 spiro atoms. The lowest BCUT2D eigenvalue weighted by Gasteiger charge is -2.31. The average molecular weight is 701 g/mol. The molecule has 0 bridgehead atoms. The second-order valence-electron chi connectivity index (χ2n) is 13.2. The van der Waals surface area contributed by atoms with Gasteiger partial charge in [-0.2, -0.15) is 0 Å². The molecule has 3 aromatic carbocycles. The fourth-order valence-electron chi connectivity index (χ4n) is 5.73. The third kappa shape index (κ3) is 11.1. The average Bonchev–Trinajstić information content (AvgIpc) is 3.15. The van der Waals surface area contributed by atoms with Crippen LogP contribution in [0.5, 0.6) is 11.5 Å². The number of methoxy groups -OCH3 is 1. The van der Waals surface area contributed by atoms with Crippen molar-refractivity contribution in [3.05, 3.63) is 88.4 Å². The number of amides is 2. The van der Waals surface area contributed by atoms with Gasteiger partial charge in [0.2, 0.25) is 5.91 Å². The molecule has 2 atom stereocenters. The largest absolute Gasteiger partial charge is 0.492 e. The first-order valence-electron chi connectivity index (χ1n) is 16.7. The number of fused-ring (bicyclic) bond motifs is 1. The van der Waals surface area contributed by atoms with Crippen LogP contribution in [-0.2, 0) is 20.7 Å². The quantitative estimate of drug-likeness (QED) is 0.150. The van der Waals surface area contributed by atoms with Gasteiger partial charge in [-0.1, -0.05) is 81.8 Å². The van der Waals surface area contributed by atoms with Crippen molar-refractivity contribution in [2.75, 3.05) is 44.8 Å². The Labute approximate surface area is 297 Å². The molecule has 48 heavy (non-hydrogen) atoms. The van der Waals surface area contributed by atoms with Crippen LogP contribution < -0.4 is 25.0 Å². The van der Waals surface area contributed by atoms with E-state index in [1.165, 1.54) is 5.56 Å². The number of nitrogens with zero attached hydrogens (tertiary/aromatic N) is 1. The Morgan fingerprint density at radius 1 is 0.979 bits per heavy atom. The lowest BCUT2D eigenvalue weighted by Crippen LogP contribution is -2.45. The van der Waals surface area contributed by atoms with Gasteiger partial charge >= 0.3 is 0 Å². The highest BCUT2D eigenvalue weighted by molar-refractivity contribution is 6.30. The van der Waals surface area contributed by atoms with Crippen molar-refractivity contribution in [2.24, 2.45) is 5.41 Å². The molecule has 2 amide bonds. The number of hydrogen-bond acceptors (Lipinski definition) is 6. The maximum atomic E-state index is 14.1. The minimum atomic E-state index is -1.02. The van der Waals surface area contributed by atoms with Crippen molar-refractivity contribution in [3.8, 4) is 11.5 Å². The van der Waals surface area contributed by atoms with E-state index in [2.05, 4.69) is 55.7 Å². The second-order valence-corrected chi connectivity index (χ2v) is 13.6. The molecule has 3 aromatic rings. The molecule has 2 N–H and O–H groups in total. The molecule has 262 valence electrons. The van der Waals surface area contributed by atoms with E-state index in [9.17, 15) is 9.59 Å². The Kier molecular flexibility index (Phi) is 15.5. The number of carbonyl (C=O) groups is 2. The Morgan fingerprint density at radius 2 is 1.73 bits per heavy atom. The summed E-state index contributed by atoms with van der Waals surface area (Å²) in [6.45, 7) is 11.5. The minimum absolute atomic E-state index is 0. The Hall–Kier alpha value is -3.30. The molecule has 0 aromatic heterocycles. The smallest absolute Gasteiger partial charge is 0.256 e. The van der Waals surface area contributed by atoms with Gasteiger partial charge in [0, 0.05) is 34.9 Å². The van der Waals surface area contributed by atoms with Crippen molar-refractivity contribution in [2.45, 2.75) is 72.0 Å². The standard InChI is InChI=1S/C38H50ClN3O5.ClH/c1-6-20-41-34(43)25-33-37(44)42(26-38(2,3)4)31-19-18-28(39)24-30(31)35(47-33)29-16-10-17-32(36(29)45-5)46-23-12-22-40-21-11-15-27-13-8-7-9-14-27;/h7-10,13-14,16-19,24,33,35,40H,6,11-12,15,20-23,25-26H2,1-5H3,(H,41,43);1H/t33-,35-;/m0./s1. The number of para-hydroxylation sites is 1. The van der Waals surface area contributed by atoms with Crippen molar-refractivity contribution >= 4 is 41.5 Å². The highest BCUT2D eigenvalue weighted by atomic mass is 35.5. The molecule has 1 heterocycles. The summed E-state index contributed by atoms with van der Waals surface area (Å²) in [7, 11) is 1.60. The molecular weight excluding hydrogens is 649 g/mol. The van der Waals surface area contributed by atoms with Crippen molar-refractivity contribution in [1.82, 2.24) is 10.6 Å². The third-order valence-electron chi connectivity index (χ3n) is 7.89. The Bertz CT molecular complexity index is 1460. The van der Waals surface area contributed by atoms with Crippen LogP contribution in [0.15, 0.2) is 66.7 Å². The monoisotopic (exact) mass is 699 g/mol. The number of halogens is 2. The van der Waals surface area contributed by atoms with E-state index >= 15 is 0 Å². The topological polar surface area (TPSA) is 89.1 Å². The summed E-state index contributed by atoms with van der Waals surface area (Å²) < 4.78 is 18.8. The lowest BCUT2D eigenvalue weighted by atomic mass is 9.94. The van der Waals surface area contributed by atoms with E-state index in [1.807, 2.05) is 43.3 Å². The van der Waals surface area contributed by atoms with Gasteiger partial charge < -0.3 is 29.7 Å². The lowest BCUT2D eigenvalue weighted by molar-refractivity contribution is -0.138. The Morgan fingerprint density at radius 3 is 2.44 bits per heavy atom. The van der Waals surface area contributed by atoms with Gasteiger partial charge in [-0.15, -0.1) is 12.4 Å². The number of nitrogens with one attached hydrogen (secondary N) is 2. The summed E-state index contributed by atoms with van der Waals surface area (Å²) >= 11 is 6.56. The summed E-state index contributed by atoms with van der Waals surface area (Å²) in [5, 5.41) is 6.91. The first-order chi connectivity index (χ1) is 22.6. The first kappa shape index (κ1) is 39.1. The van der Waals surface area contributed by atoms with Gasteiger partial charge in [0.1, 0.15) is 12.2 Å². The number of anilines is 1. The molecule has 10 heteroatoms. The molecule has 0 saturated carbocycles. The maximum Gasteiger partial charge on any atom is 0.256 e. The number of benzene rings is 3. The normalized spacial score (nSPS) is 16.0. The Balaban J connectivity index is 0.00000625. The molecule has 4 rings (SSSR count). The zero-order valence-electron chi connectivity index (χ0n) is 28.9. The van der Waals surface area contributed by atoms with Crippen LogP contribution in [-0.4, -0.2) is 57.8 Å². The minimum Gasteiger partial charge on any atom is -0.492 e. The van der Waals surface area contributed by atoms with E-state index in [0.717, 1.165) is 44.3 Å². The predicted octanol–water partition coefficient (Wildman–Crippen LogP) is 7.55. The van der Waals surface area contributed by atoms with Crippen LogP contribution in [0.1, 0.15) is 76.2 Å². The highest BCUT2D eigenvalue weighted by Gasteiger charge is 2.40. The van der Waals surface area contributed by atoms with E-state index in [0.29, 0.717) is 47.5 Å². The van der Waals surface area contributed by atoms with E-state index in [4.69, 9.17) is 25.8 Å². The molecule has 0 fully saturated rings. The van der Waals surface area contributed by atoms with Gasteiger partial charge in [-0.25, -0.2) is 0 Å². The van der Waals surface area contributed by atoms with E-state index in [-0.39, 0.29) is 36.1 Å². The van der Waals surface area contributed by atoms with Gasteiger partial charge in [0.05, 0.1) is 20.1 Å². The molecular formula is C38H51Cl2N3O5. The molecule has 0 aliphatic carbocycles. The van der Waals surface area contributed by atoms with Crippen LogP contribution in [0.4, 0.5) is 5.69 Å². The van der Waals surface area contributed by atoms with Crippen LogP contribution in [0.2, 0.25) is 5.02 Å². The van der Waals surface area contributed by atoms with Crippen LogP contribution in [0.25, 0.3) is 0 Å².